The molecule has 37 heavy (non-hydrogen) atoms. The Kier molecular flexibility index (Phi) is 6.05. The topological polar surface area (TPSA) is 158 Å². The molecule has 3 saturated heterocycles. The number of hydrogen-bond donors (Lipinski definition) is 5. The van der Waals surface area contributed by atoms with E-state index in [1.54, 1.807) is 0 Å². The van der Waals surface area contributed by atoms with E-state index in [4.69, 9.17) is 14.2 Å². The highest BCUT2D eigenvalue weighted by atomic mass is 16.7. The molecule has 5 aliphatic heterocycles. The number of ether oxygens (including phenoxy) is 3. The summed E-state index contributed by atoms with van der Waals surface area (Å²) in [6, 6.07) is 7.63. The van der Waals surface area contributed by atoms with Crippen LogP contribution < -0.4 is 5.32 Å². The Morgan fingerprint density at radius 2 is 2.00 bits per heavy atom. The minimum absolute atomic E-state index is 0.0193. The molecule has 0 saturated carbocycles. The quantitative estimate of drug-likeness (QED) is 0.323. The summed E-state index contributed by atoms with van der Waals surface area (Å²) in [5.74, 6) is -1.08. The van der Waals surface area contributed by atoms with Crippen LogP contribution in [0.3, 0.4) is 0 Å². The van der Waals surface area contributed by atoms with Crippen LogP contribution in [0.25, 0.3) is 0 Å². The monoisotopic (exact) mass is 516 g/mol. The standard InChI is InChI=1S/C26H32N2O9/c1-12-14-9-28-7-6-26(16-4-2-3-5-17(16)27-25(26)34)19(28)8-13(14)15(11-35-12)23(33)37-24-22(32)21(31)20(30)18(10-29)36-24/h2-5,11-14,18-22,24,29-32H,6-10H2,1H3,(H,27,34)/t12?,13?,14?,18-,19?,20-,21+,22-,24+,26?/m1/s1. The van der Waals surface area contributed by atoms with Crippen molar-refractivity contribution in [3.63, 3.8) is 0 Å². The van der Waals surface area contributed by atoms with Gasteiger partial charge in [0.15, 0.2) is 0 Å². The molecule has 5 aliphatic rings. The van der Waals surface area contributed by atoms with Crippen LogP contribution in [0.5, 0.6) is 0 Å². The van der Waals surface area contributed by atoms with E-state index in [0.717, 1.165) is 17.8 Å². The van der Waals surface area contributed by atoms with Crippen LogP contribution in [0.2, 0.25) is 0 Å². The van der Waals surface area contributed by atoms with Gasteiger partial charge in [-0.2, -0.15) is 0 Å². The predicted octanol–water partition coefficient (Wildman–Crippen LogP) is -0.767. The summed E-state index contributed by atoms with van der Waals surface area (Å²) in [6.45, 7) is 2.74. The first-order chi connectivity index (χ1) is 17.8. The van der Waals surface area contributed by atoms with Crippen molar-refractivity contribution in [2.45, 2.75) is 68.0 Å². The van der Waals surface area contributed by atoms with E-state index in [1.807, 2.05) is 31.2 Å². The van der Waals surface area contributed by atoms with Gasteiger partial charge in [-0.15, -0.1) is 0 Å². The first kappa shape index (κ1) is 24.8. The third-order valence-electron chi connectivity index (χ3n) is 9.02. The second kappa shape index (κ2) is 9.04. The van der Waals surface area contributed by atoms with Gasteiger partial charge in [0.25, 0.3) is 0 Å². The molecule has 0 bridgehead atoms. The molecular weight excluding hydrogens is 484 g/mol. The Morgan fingerprint density at radius 3 is 2.78 bits per heavy atom. The molecule has 5 heterocycles. The summed E-state index contributed by atoms with van der Waals surface area (Å²) >= 11 is 0. The average Bonchev–Trinajstić information content (AvgIpc) is 3.41. The Labute approximate surface area is 213 Å². The SMILES string of the molecule is CC1OC=C(C(=O)O[C@@H]2O[C@H](CO)[C@@H](O)[C@H](O)[C@H]2O)C2CC3N(CCC34C(=O)Nc3ccccc34)CC12. The molecule has 11 nitrogen and oxygen atoms in total. The highest BCUT2D eigenvalue weighted by Crippen LogP contribution is 2.54. The molecule has 1 aromatic rings. The number of anilines is 1. The van der Waals surface area contributed by atoms with Crippen LogP contribution in [0, 0.1) is 11.8 Å². The molecule has 10 atom stereocenters. The molecule has 11 heteroatoms. The molecular formula is C26H32N2O9. The summed E-state index contributed by atoms with van der Waals surface area (Å²) in [6.07, 6.45) is -5.22. The molecule has 0 aliphatic carbocycles. The number of aliphatic hydroxyl groups excluding tert-OH is 4. The molecule has 200 valence electrons. The fourth-order valence-electron chi connectivity index (χ4n) is 6.99. The van der Waals surface area contributed by atoms with E-state index in [1.165, 1.54) is 6.26 Å². The number of piperidine rings is 1. The van der Waals surface area contributed by atoms with Crippen LogP contribution in [-0.2, 0) is 29.2 Å². The van der Waals surface area contributed by atoms with Crippen molar-refractivity contribution in [3.05, 3.63) is 41.7 Å². The number of amides is 1. The minimum Gasteiger partial charge on any atom is -0.497 e. The zero-order chi connectivity index (χ0) is 26.1. The molecule has 5 N–H and O–H groups in total. The van der Waals surface area contributed by atoms with Crippen molar-refractivity contribution in [2.24, 2.45) is 11.8 Å². The van der Waals surface area contributed by atoms with Gasteiger partial charge < -0.3 is 40.0 Å². The van der Waals surface area contributed by atoms with Gasteiger partial charge in [0, 0.05) is 30.1 Å². The maximum Gasteiger partial charge on any atom is 0.339 e. The van der Waals surface area contributed by atoms with Crippen LogP contribution in [-0.4, -0.2) is 99.8 Å². The lowest BCUT2D eigenvalue weighted by atomic mass is 9.66. The number of carbonyl (C=O) groups is 2. The van der Waals surface area contributed by atoms with Gasteiger partial charge in [-0.3, -0.25) is 9.69 Å². The summed E-state index contributed by atoms with van der Waals surface area (Å²) in [4.78, 5) is 29.1. The van der Waals surface area contributed by atoms with Crippen LogP contribution in [0.1, 0.15) is 25.3 Å². The fraction of sp³-hybridized carbons (Fsp3) is 0.615. The zero-order valence-corrected chi connectivity index (χ0v) is 20.4. The van der Waals surface area contributed by atoms with Crippen molar-refractivity contribution < 1.29 is 44.2 Å². The van der Waals surface area contributed by atoms with Gasteiger partial charge in [0.05, 0.1) is 30.0 Å². The van der Waals surface area contributed by atoms with Crippen molar-refractivity contribution >= 4 is 17.6 Å². The highest BCUT2D eigenvalue weighted by Gasteiger charge is 2.61. The molecule has 6 rings (SSSR count). The number of esters is 1. The van der Waals surface area contributed by atoms with E-state index in [2.05, 4.69) is 10.2 Å². The lowest BCUT2D eigenvalue weighted by molar-refractivity contribution is -0.291. The maximum atomic E-state index is 13.4. The summed E-state index contributed by atoms with van der Waals surface area (Å²) < 4.78 is 16.6. The van der Waals surface area contributed by atoms with E-state index in [9.17, 15) is 30.0 Å². The third kappa shape index (κ3) is 3.63. The van der Waals surface area contributed by atoms with E-state index in [-0.39, 0.29) is 35.5 Å². The molecule has 0 aromatic heterocycles. The molecule has 0 radical (unpaired) electrons. The first-order valence-electron chi connectivity index (χ1n) is 12.8. The lowest BCUT2D eigenvalue weighted by Crippen LogP contribution is -2.60. The average molecular weight is 517 g/mol. The zero-order valence-electron chi connectivity index (χ0n) is 20.4. The van der Waals surface area contributed by atoms with Crippen molar-refractivity contribution in [2.75, 3.05) is 25.0 Å². The third-order valence-corrected chi connectivity index (χ3v) is 9.02. The highest BCUT2D eigenvalue weighted by molar-refractivity contribution is 6.07. The number of rotatable bonds is 3. The number of para-hydroxylation sites is 1. The lowest BCUT2D eigenvalue weighted by Gasteiger charge is -2.48. The Morgan fingerprint density at radius 1 is 1.22 bits per heavy atom. The summed E-state index contributed by atoms with van der Waals surface area (Å²) in [5.41, 5.74) is 1.39. The number of nitrogens with one attached hydrogen (secondary N) is 1. The van der Waals surface area contributed by atoms with Gasteiger partial charge >= 0.3 is 5.97 Å². The van der Waals surface area contributed by atoms with Gasteiger partial charge in [0.1, 0.15) is 24.4 Å². The number of hydrogen-bond acceptors (Lipinski definition) is 10. The van der Waals surface area contributed by atoms with E-state index in [0.29, 0.717) is 19.4 Å². The Balaban J connectivity index is 1.26. The van der Waals surface area contributed by atoms with Crippen molar-refractivity contribution in [1.29, 1.82) is 0 Å². The van der Waals surface area contributed by atoms with Crippen molar-refractivity contribution in [3.8, 4) is 0 Å². The van der Waals surface area contributed by atoms with Crippen LogP contribution in [0.15, 0.2) is 36.1 Å². The summed E-state index contributed by atoms with van der Waals surface area (Å²) in [7, 11) is 0. The second-order valence-corrected chi connectivity index (χ2v) is 10.8. The molecule has 1 spiro atoms. The molecule has 5 unspecified atom stereocenters. The smallest absolute Gasteiger partial charge is 0.339 e. The predicted molar refractivity (Wildman–Crippen MR) is 127 cm³/mol. The van der Waals surface area contributed by atoms with Crippen LogP contribution >= 0.6 is 0 Å². The number of aliphatic hydroxyl groups is 4. The second-order valence-electron chi connectivity index (χ2n) is 10.8. The Bertz CT molecular complexity index is 1130. The number of nitrogens with zero attached hydrogens (tertiary/aromatic N) is 1. The number of benzene rings is 1. The molecule has 1 aromatic carbocycles. The van der Waals surface area contributed by atoms with Gasteiger partial charge in [-0.25, -0.2) is 4.79 Å². The molecule has 1 amide bonds. The number of carbonyl (C=O) groups excluding carboxylic acids is 2. The maximum absolute atomic E-state index is 13.4. The fourth-order valence-corrected chi connectivity index (χ4v) is 6.99. The van der Waals surface area contributed by atoms with Gasteiger partial charge in [-0.05, 0) is 37.9 Å². The Hall–Kier alpha value is -2.54. The number of fused-ring (bicyclic) bond motifs is 5. The largest absolute Gasteiger partial charge is 0.497 e. The normalized spacial score (nSPS) is 42.8. The van der Waals surface area contributed by atoms with E-state index >= 15 is 0 Å². The van der Waals surface area contributed by atoms with Crippen LogP contribution in [0.4, 0.5) is 5.69 Å². The molecule has 3 fully saturated rings. The van der Waals surface area contributed by atoms with Crippen molar-refractivity contribution in [1.82, 2.24) is 4.90 Å². The van der Waals surface area contributed by atoms with Gasteiger partial charge in [0.2, 0.25) is 12.2 Å². The van der Waals surface area contributed by atoms with E-state index < -0.39 is 48.7 Å². The summed E-state index contributed by atoms with van der Waals surface area (Å²) in [5, 5.41) is 42.9. The first-order valence-corrected chi connectivity index (χ1v) is 12.8. The minimum atomic E-state index is -1.69. The van der Waals surface area contributed by atoms with Gasteiger partial charge in [-0.1, -0.05) is 18.2 Å².